The van der Waals surface area contributed by atoms with Crippen LogP contribution in [0, 0.1) is 0 Å². The number of carbonyl (C=O) groups excluding carboxylic acids is 1. The number of carbonyl (C=O) groups is 1. The summed E-state index contributed by atoms with van der Waals surface area (Å²) in [5.41, 5.74) is 5.16. The highest BCUT2D eigenvalue weighted by molar-refractivity contribution is 5.79. The standard InChI is InChI=1S/C32H38N2O7/c1-37-26-11-10-21(31(40-4)32(26)41-5)14-24-23-17-28(39-3)27(38-2)16-20(23)12-13-34(24)18-29(36)33-30-22-9-7-6-8-19(22)15-25(30)35/h6-11,16-17,24-25,30,35H,12-15,18H2,1-5H3,(H,33,36)/t24?,25-,30+/m0/s1. The molecule has 2 aliphatic rings. The van der Waals surface area contributed by atoms with E-state index in [-0.39, 0.29) is 18.5 Å². The first-order valence-corrected chi connectivity index (χ1v) is 13.7. The van der Waals surface area contributed by atoms with Gasteiger partial charge in [0.1, 0.15) is 0 Å². The summed E-state index contributed by atoms with van der Waals surface area (Å²) in [6.45, 7) is 0.833. The minimum Gasteiger partial charge on any atom is -0.493 e. The highest BCUT2D eigenvalue weighted by Gasteiger charge is 2.35. The van der Waals surface area contributed by atoms with Crippen LogP contribution in [0.3, 0.4) is 0 Å². The molecule has 1 unspecified atom stereocenters. The Morgan fingerprint density at radius 1 is 0.854 bits per heavy atom. The molecule has 0 radical (unpaired) electrons. The van der Waals surface area contributed by atoms with Crippen molar-refractivity contribution < 1.29 is 33.6 Å². The van der Waals surface area contributed by atoms with Crippen molar-refractivity contribution in [3.05, 3.63) is 76.3 Å². The van der Waals surface area contributed by atoms with Crippen molar-refractivity contribution in [3.8, 4) is 28.7 Å². The van der Waals surface area contributed by atoms with Crippen molar-refractivity contribution in [2.75, 3.05) is 48.6 Å². The van der Waals surface area contributed by atoms with Gasteiger partial charge in [0.15, 0.2) is 23.0 Å². The number of aliphatic hydroxyl groups excluding tert-OH is 1. The topological polar surface area (TPSA) is 98.7 Å². The molecule has 0 saturated heterocycles. The molecule has 0 fully saturated rings. The summed E-state index contributed by atoms with van der Waals surface area (Å²) >= 11 is 0. The lowest BCUT2D eigenvalue weighted by Crippen LogP contribution is -2.45. The molecule has 0 saturated carbocycles. The van der Waals surface area contributed by atoms with E-state index in [4.69, 9.17) is 23.7 Å². The smallest absolute Gasteiger partial charge is 0.234 e. The van der Waals surface area contributed by atoms with Crippen molar-refractivity contribution in [2.24, 2.45) is 0 Å². The van der Waals surface area contributed by atoms with Crippen molar-refractivity contribution in [1.29, 1.82) is 0 Å². The summed E-state index contributed by atoms with van der Waals surface area (Å²) in [5.74, 6) is 2.86. The summed E-state index contributed by atoms with van der Waals surface area (Å²) in [6, 6.07) is 15.1. The van der Waals surface area contributed by atoms with Crippen LogP contribution in [0.4, 0.5) is 0 Å². The molecule has 3 aromatic carbocycles. The Labute approximate surface area is 240 Å². The van der Waals surface area contributed by atoms with Crippen LogP contribution in [0.15, 0.2) is 48.5 Å². The molecule has 3 atom stereocenters. The van der Waals surface area contributed by atoms with Gasteiger partial charge >= 0.3 is 0 Å². The number of benzene rings is 3. The van der Waals surface area contributed by atoms with Gasteiger partial charge in [-0.2, -0.15) is 0 Å². The predicted molar refractivity (Wildman–Crippen MR) is 154 cm³/mol. The lowest BCUT2D eigenvalue weighted by Gasteiger charge is -2.38. The lowest BCUT2D eigenvalue weighted by atomic mass is 9.87. The number of hydrogen-bond donors (Lipinski definition) is 2. The zero-order valence-corrected chi connectivity index (χ0v) is 24.2. The van der Waals surface area contributed by atoms with Gasteiger partial charge in [-0.15, -0.1) is 0 Å². The Hall–Kier alpha value is -3.95. The van der Waals surface area contributed by atoms with Crippen LogP contribution < -0.4 is 29.0 Å². The van der Waals surface area contributed by atoms with Crippen LogP contribution in [0.2, 0.25) is 0 Å². The Morgan fingerprint density at radius 3 is 2.27 bits per heavy atom. The Bertz CT molecular complexity index is 1410. The SMILES string of the molecule is COc1cc2c(cc1OC)C(Cc1ccc(OC)c(OC)c1OC)N(CC(=O)N[C@@H]1c3ccccc3C[C@@H]1O)CC2. The average molecular weight is 563 g/mol. The summed E-state index contributed by atoms with van der Waals surface area (Å²) in [6.07, 6.45) is 1.18. The second-order valence-electron chi connectivity index (χ2n) is 10.4. The number of amides is 1. The molecule has 1 heterocycles. The second-order valence-corrected chi connectivity index (χ2v) is 10.4. The van der Waals surface area contributed by atoms with Crippen molar-refractivity contribution in [2.45, 2.75) is 37.5 Å². The van der Waals surface area contributed by atoms with Crippen LogP contribution >= 0.6 is 0 Å². The summed E-state index contributed by atoms with van der Waals surface area (Å²) < 4.78 is 28.2. The maximum absolute atomic E-state index is 13.5. The summed E-state index contributed by atoms with van der Waals surface area (Å²) in [4.78, 5) is 15.7. The van der Waals surface area contributed by atoms with Gasteiger partial charge in [-0.25, -0.2) is 0 Å². The van der Waals surface area contributed by atoms with E-state index in [1.807, 2.05) is 48.5 Å². The van der Waals surface area contributed by atoms with E-state index in [2.05, 4.69) is 10.2 Å². The zero-order valence-electron chi connectivity index (χ0n) is 24.2. The van der Waals surface area contributed by atoms with Crippen LogP contribution in [0.5, 0.6) is 28.7 Å². The molecule has 218 valence electrons. The highest BCUT2D eigenvalue weighted by atomic mass is 16.5. The number of methoxy groups -OCH3 is 5. The monoisotopic (exact) mass is 562 g/mol. The second kappa shape index (κ2) is 12.3. The van der Waals surface area contributed by atoms with Gasteiger partial charge in [-0.3, -0.25) is 9.69 Å². The van der Waals surface area contributed by atoms with E-state index < -0.39 is 12.1 Å². The molecule has 9 heteroatoms. The van der Waals surface area contributed by atoms with Gasteiger partial charge in [0.05, 0.1) is 54.2 Å². The molecule has 3 aromatic rings. The van der Waals surface area contributed by atoms with Gasteiger partial charge in [0.25, 0.3) is 0 Å². The number of fused-ring (bicyclic) bond motifs is 2. The van der Waals surface area contributed by atoms with Crippen molar-refractivity contribution in [1.82, 2.24) is 10.2 Å². The number of ether oxygens (including phenoxy) is 5. The molecule has 0 spiro atoms. The first-order chi connectivity index (χ1) is 19.9. The highest BCUT2D eigenvalue weighted by Crippen LogP contribution is 2.44. The average Bonchev–Trinajstić information content (AvgIpc) is 3.31. The number of nitrogens with one attached hydrogen (secondary N) is 1. The third kappa shape index (κ3) is 5.52. The van der Waals surface area contributed by atoms with Gasteiger partial charge in [-0.05, 0) is 53.3 Å². The Kier molecular flexibility index (Phi) is 8.56. The number of aliphatic hydroxyl groups is 1. The van der Waals surface area contributed by atoms with Crippen LogP contribution in [-0.2, 0) is 24.1 Å². The molecule has 41 heavy (non-hydrogen) atoms. The van der Waals surface area contributed by atoms with Gasteiger partial charge in [-0.1, -0.05) is 30.3 Å². The number of nitrogens with zero attached hydrogens (tertiary/aromatic N) is 1. The van der Waals surface area contributed by atoms with Gasteiger partial charge in [0, 0.05) is 24.6 Å². The minimum atomic E-state index is -0.651. The van der Waals surface area contributed by atoms with E-state index in [0.717, 1.165) is 34.2 Å². The van der Waals surface area contributed by atoms with E-state index >= 15 is 0 Å². The fourth-order valence-corrected chi connectivity index (χ4v) is 6.19. The van der Waals surface area contributed by atoms with Crippen LogP contribution in [0.25, 0.3) is 0 Å². The van der Waals surface area contributed by atoms with Crippen molar-refractivity contribution >= 4 is 5.91 Å². The molecular weight excluding hydrogens is 524 g/mol. The quantitative estimate of drug-likeness (QED) is 0.387. The largest absolute Gasteiger partial charge is 0.493 e. The number of hydrogen-bond acceptors (Lipinski definition) is 8. The molecule has 1 amide bonds. The van der Waals surface area contributed by atoms with Crippen LogP contribution in [0.1, 0.15) is 39.9 Å². The zero-order chi connectivity index (χ0) is 29.1. The lowest BCUT2D eigenvalue weighted by molar-refractivity contribution is -0.124. The molecular formula is C32H38N2O7. The molecule has 2 N–H and O–H groups in total. The maximum Gasteiger partial charge on any atom is 0.234 e. The van der Waals surface area contributed by atoms with E-state index in [1.54, 1.807) is 35.5 Å². The molecule has 0 aromatic heterocycles. The molecule has 0 bridgehead atoms. The maximum atomic E-state index is 13.5. The molecule has 1 aliphatic carbocycles. The Balaban J connectivity index is 1.48. The first kappa shape index (κ1) is 28.6. The van der Waals surface area contributed by atoms with E-state index in [9.17, 15) is 9.90 Å². The van der Waals surface area contributed by atoms with Gasteiger partial charge in [0.2, 0.25) is 11.7 Å². The van der Waals surface area contributed by atoms with Crippen molar-refractivity contribution in [3.63, 3.8) is 0 Å². The molecule has 9 nitrogen and oxygen atoms in total. The summed E-state index contributed by atoms with van der Waals surface area (Å²) in [5, 5.41) is 13.8. The molecule has 5 rings (SSSR count). The van der Waals surface area contributed by atoms with Crippen LogP contribution in [-0.4, -0.2) is 70.7 Å². The fourth-order valence-electron chi connectivity index (χ4n) is 6.19. The minimum absolute atomic E-state index is 0.140. The number of rotatable bonds is 10. The Morgan fingerprint density at radius 2 is 1.56 bits per heavy atom. The first-order valence-electron chi connectivity index (χ1n) is 13.7. The van der Waals surface area contributed by atoms with Gasteiger partial charge < -0.3 is 34.1 Å². The molecule has 1 aliphatic heterocycles. The third-order valence-electron chi connectivity index (χ3n) is 8.18. The third-order valence-corrected chi connectivity index (χ3v) is 8.18. The normalized spacial score (nSPS) is 19.6. The fraction of sp³-hybridized carbons (Fsp3) is 0.406. The summed E-state index contributed by atoms with van der Waals surface area (Å²) in [7, 11) is 8.04. The van der Waals surface area contributed by atoms with E-state index in [0.29, 0.717) is 48.1 Å². The van der Waals surface area contributed by atoms with E-state index in [1.165, 1.54) is 0 Å². The predicted octanol–water partition coefficient (Wildman–Crippen LogP) is 3.65.